The SMILES string of the molecule is COC1=C(C(=O)OCc2ccc([N+](=O)[O-])cc2)N2C(=O)C(NC(=O)C(=NOCC(=O)OC(C)(C)C)c3csc(NC=O)n3)[C@@H]2SC1. The largest absolute Gasteiger partial charge is 0.498 e. The number of non-ortho nitro benzene ring substituents is 1. The predicted molar refractivity (Wildman–Crippen MR) is 162 cm³/mol. The number of nitro benzene ring substituents is 1. The summed E-state index contributed by atoms with van der Waals surface area (Å²) in [6.45, 7) is 4.15. The first-order valence-corrected chi connectivity index (χ1v) is 15.3. The van der Waals surface area contributed by atoms with Gasteiger partial charge in [-0.2, -0.15) is 0 Å². The van der Waals surface area contributed by atoms with Crippen LogP contribution in [0.15, 0.2) is 46.3 Å². The Balaban J connectivity index is 1.47. The number of methoxy groups -OCH3 is 1. The van der Waals surface area contributed by atoms with Gasteiger partial charge in [0.2, 0.25) is 13.0 Å². The summed E-state index contributed by atoms with van der Waals surface area (Å²) in [5.74, 6) is -2.77. The molecular formula is C27H28N6O11S2. The molecule has 17 nitrogen and oxygen atoms in total. The summed E-state index contributed by atoms with van der Waals surface area (Å²) in [5, 5.41) is 20.4. The van der Waals surface area contributed by atoms with Crippen LogP contribution < -0.4 is 10.6 Å². The summed E-state index contributed by atoms with van der Waals surface area (Å²) < 4.78 is 15.9. The predicted octanol–water partition coefficient (Wildman–Crippen LogP) is 1.68. The van der Waals surface area contributed by atoms with Crippen molar-refractivity contribution in [2.45, 2.75) is 44.4 Å². The Bertz CT molecular complexity index is 1600. The molecule has 0 saturated carbocycles. The molecule has 2 aliphatic heterocycles. The van der Waals surface area contributed by atoms with Crippen LogP contribution >= 0.6 is 23.1 Å². The first kappa shape index (κ1) is 33.8. The van der Waals surface area contributed by atoms with Crippen LogP contribution in [-0.2, 0) is 49.6 Å². The molecule has 0 bridgehead atoms. The molecule has 1 saturated heterocycles. The van der Waals surface area contributed by atoms with E-state index in [-0.39, 0.29) is 46.0 Å². The number of thiazole rings is 1. The summed E-state index contributed by atoms with van der Waals surface area (Å²) in [4.78, 5) is 83.4. The Morgan fingerprint density at radius 1 is 1.24 bits per heavy atom. The van der Waals surface area contributed by atoms with Crippen molar-refractivity contribution in [2.24, 2.45) is 5.16 Å². The highest BCUT2D eigenvalue weighted by Crippen LogP contribution is 2.41. The molecule has 2 aliphatic rings. The van der Waals surface area contributed by atoms with E-state index in [1.54, 1.807) is 20.8 Å². The molecule has 1 fully saturated rings. The highest BCUT2D eigenvalue weighted by Gasteiger charge is 2.55. The van der Waals surface area contributed by atoms with Crippen molar-refractivity contribution in [3.63, 3.8) is 0 Å². The third-order valence-corrected chi connectivity index (χ3v) is 8.11. The summed E-state index contributed by atoms with van der Waals surface area (Å²) in [6.07, 6.45) is 0.400. The van der Waals surface area contributed by atoms with E-state index in [0.29, 0.717) is 12.0 Å². The summed E-state index contributed by atoms with van der Waals surface area (Å²) in [7, 11) is 1.34. The lowest BCUT2D eigenvalue weighted by atomic mass is 10.0. The van der Waals surface area contributed by atoms with Gasteiger partial charge < -0.3 is 29.7 Å². The van der Waals surface area contributed by atoms with E-state index in [1.807, 2.05) is 0 Å². The molecular weight excluding hydrogens is 648 g/mol. The van der Waals surface area contributed by atoms with Gasteiger partial charge in [-0.05, 0) is 38.5 Å². The molecule has 0 radical (unpaired) electrons. The van der Waals surface area contributed by atoms with E-state index in [0.717, 1.165) is 16.2 Å². The van der Waals surface area contributed by atoms with Gasteiger partial charge in [0, 0.05) is 17.5 Å². The zero-order chi connectivity index (χ0) is 33.6. The normalized spacial score (nSPS) is 17.7. The Labute approximate surface area is 269 Å². The van der Waals surface area contributed by atoms with Crippen LogP contribution in [0.3, 0.4) is 0 Å². The van der Waals surface area contributed by atoms with Crippen LogP contribution in [0.2, 0.25) is 0 Å². The molecule has 3 heterocycles. The average Bonchev–Trinajstić information content (AvgIpc) is 3.47. The van der Waals surface area contributed by atoms with Crippen molar-refractivity contribution in [1.82, 2.24) is 15.2 Å². The molecule has 2 aromatic rings. The van der Waals surface area contributed by atoms with Crippen molar-refractivity contribution in [2.75, 3.05) is 24.8 Å². The van der Waals surface area contributed by atoms with E-state index < -0.39 is 52.3 Å². The van der Waals surface area contributed by atoms with Gasteiger partial charge in [-0.25, -0.2) is 14.6 Å². The molecule has 1 aromatic carbocycles. The number of hydrogen-bond donors (Lipinski definition) is 2. The number of nitro groups is 1. The Morgan fingerprint density at radius 2 is 1.96 bits per heavy atom. The fraction of sp³-hybridized carbons (Fsp3) is 0.370. The van der Waals surface area contributed by atoms with Crippen LogP contribution in [0.4, 0.5) is 10.8 Å². The number of oxime groups is 1. The highest BCUT2D eigenvalue weighted by atomic mass is 32.2. The Kier molecular flexibility index (Phi) is 10.6. The molecule has 1 unspecified atom stereocenters. The van der Waals surface area contributed by atoms with Gasteiger partial charge in [0.25, 0.3) is 17.5 Å². The Hall–Kier alpha value is -5.04. The fourth-order valence-corrected chi connectivity index (χ4v) is 6.07. The molecule has 0 spiro atoms. The van der Waals surface area contributed by atoms with Crippen LogP contribution in [0.5, 0.6) is 0 Å². The molecule has 244 valence electrons. The summed E-state index contributed by atoms with van der Waals surface area (Å²) in [6, 6.07) is 4.32. The maximum absolute atomic E-state index is 13.4. The number of nitrogens with zero attached hydrogens (tertiary/aromatic N) is 4. The number of amides is 3. The molecule has 19 heteroatoms. The molecule has 3 amide bonds. The number of ether oxygens (including phenoxy) is 3. The quantitative estimate of drug-likeness (QED) is 0.0772. The molecule has 46 heavy (non-hydrogen) atoms. The first-order chi connectivity index (χ1) is 21.8. The Morgan fingerprint density at radius 3 is 2.59 bits per heavy atom. The van der Waals surface area contributed by atoms with Crippen LogP contribution in [0.1, 0.15) is 32.0 Å². The standard InChI is InChI=1S/C27H28N6O11S2/c1-27(2,3)44-18(35)10-43-31-19(16-11-46-26(29-16)28-13-34)22(36)30-20-23(37)32-21(17(41-4)12-45-24(20)32)25(38)42-9-14-5-7-15(8-6-14)33(39)40/h5-8,11,13,20,24H,9-10,12H2,1-4H3,(H,30,36)(H,28,29,34)/t20?,24-/m0/s1. The number of rotatable bonds is 13. The van der Waals surface area contributed by atoms with E-state index in [9.17, 15) is 34.1 Å². The third-order valence-electron chi connectivity index (χ3n) is 6.08. The van der Waals surface area contributed by atoms with Gasteiger partial charge in [-0.1, -0.05) is 5.16 Å². The first-order valence-electron chi connectivity index (χ1n) is 13.3. The molecule has 2 atom stereocenters. The number of aromatic nitrogens is 1. The van der Waals surface area contributed by atoms with Gasteiger partial charge in [-0.15, -0.1) is 23.1 Å². The van der Waals surface area contributed by atoms with E-state index in [4.69, 9.17) is 19.0 Å². The number of carbonyl (C=O) groups excluding carboxylic acids is 5. The fourth-order valence-electron chi connectivity index (χ4n) is 4.10. The van der Waals surface area contributed by atoms with Gasteiger partial charge in [0.1, 0.15) is 35.1 Å². The number of benzene rings is 1. The third kappa shape index (κ3) is 7.96. The maximum atomic E-state index is 13.4. The number of β-lactam (4-membered cyclic amide) rings is 1. The van der Waals surface area contributed by atoms with Crippen molar-refractivity contribution in [3.05, 3.63) is 62.5 Å². The van der Waals surface area contributed by atoms with E-state index >= 15 is 0 Å². The van der Waals surface area contributed by atoms with Crippen molar-refractivity contribution >= 4 is 69.8 Å². The monoisotopic (exact) mass is 676 g/mol. The average molecular weight is 677 g/mol. The highest BCUT2D eigenvalue weighted by molar-refractivity contribution is 8.00. The lowest BCUT2D eigenvalue weighted by molar-refractivity contribution is -0.384. The zero-order valence-electron chi connectivity index (χ0n) is 24.8. The number of carbonyl (C=O) groups is 5. The number of nitrogens with one attached hydrogen (secondary N) is 2. The lowest BCUT2D eigenvalue weighted by Gasteiger charge is -2.49. The topological polar surface area (TPSA) is 218 Å². The summed E-state index contributed by atoms with van der Waals surface area (Å²) >= 11 is 2.22. The zero-order valence-corrected chi connectivity index (χ0v) is 26.5. The minimum absolute atomic E-state index is 0.00644. The number of thioether (sulfide) groups is 1. The molecule has 4 rings (SSSR count). The minimum atomic E-state index is -1.10. The minimum Gasteiger partial charge on any atom is -0.498 e. The number of esters is 2. The molecule has 1 aromatic heterocycles. The molecule has 0 aliphatic carbocycles. The van der Waals surface area contributed by atoms with Gasteiger partial charge in [0.05, 0.1) is 17.8 Å². The van der Waals surface area contributed by atoms with Crippen molar-refractivity contribution < 1.29 is 47.9 Å². The second-order valence-electron chi connectivity index (χ2n) is 10.4. The van der Waals surface area contributed by atoms with Gasteiger partial charge in [0.15, 0.2) is 16.5 Å². The second-order valence-corrected chi connectivity index (χ2v) is 12.4. The maximum Gasteiger partial charge on any atom is 0.358 e. The van der Waals surface area contributed by atoms with E-state index in [1.165, 1.54) is 48.5 Å². The van der Waals surface area contributed by atoms with Crippen LogP contribution in [0, 0.1) is 10.1 Å². The summed E-state index contributed by atoms with van der Waals surface area (Å²) in [5.41, 5.74) is -0.955. The number of fused-ring (bicyclic) bond motifs is 1. The van der Waals surface area contributed by atoms with Crippen molar-refractivity contribution in [3.8, 4) is 0 Å². The van der Waals surface area contributed by atoms with Crippen LogP contribution in [0.25, 0.3) is 0 Å². The van der Waals surface area contributed by atoms with Crippen molar-refractivity contribution in [1.29, 1.82) is 0 Å². The lowest BCUT2D eigenvalue weighted by Crippen LogP contribution is -2.71. The van der Waals surface area contributed by atoms with Crippen LogP contribution in [-0.4, -0.2) is 87.2 Å². The number of anilines is 1. The smallest absolute Gasteiger partial charge is 0.358 e. The second kappa shape index (κ2) is 14.4. The van der Waals surface area contributed by atoms with E-state index in [2.05, 4.69) is 20.8 Å². The van der Waals surface area contributed by atoms with Gasteiger partial charge >= 0.3 is 11.9 Å². The van der Waals surface area contributed by atoms with Gasteiger partial charge in [-0.3, -0.25) is 29.4 Å². The number of hydrogen-bond acceptors (Lipinski definition) is 15. The molecule has 2 N–H and O–H groups in total.